The fourth-order valence-corrected chi connectivity index (χ4v) is 6.17. The average Bonchev–Trinajstić information content (AvgIpc) is 3.21. The molecule has 0 unspecified atom stereocenters. The van der Waals surface area contributed by atoms with Gasteiger partial charge in [0.25, 0.3) is 0 Å². The third-order valence-corrected chi connectivity index (χ3v) is 8.03. The maximum absolute atomic E-state index is 13.4. The summed E-state index contributed by atoms with van der Waals surface area (Å²) in [6.45, 7) is 5.84. The highest BCUT2D eigenvalue weighted by atomic mass is 16.5. The van der Waals surface area contributed by atoms with E-state index in [0.29, 0.717) is 13.1 Å². The van der Waals surface area contributed by atoms with E-state index in [1.54, 1.807) is 7.11 Å². The second kappa shape index (κ2) is 10.1. The van der Waals surface area contributed by atoms with Crippen LogP contribution >= 0.6 is 0 Å². The number of aliphatic hydroxyl groups excluding tert-OH is 1. The number of urea groups is 1. The number of fused-ring (bicyclic) bond motifs is 4. The maximum Gasteiger partial charge on any atom is 0.318 e. The van der Waals surface area contributed by atoms with Crippen molar-refractivity contribution in [3.8, 4) is 5.75 Å². The van der Waals surface area contributed by atoms with Crippen LogP contribution in [0.15, 0.2) is 42.6 Å². The van der Waals surface area contributed by atoms with Crippen molar-refractivity contribution in [3.63, 3.8) is 0 Å². The number of likely N-dealkylation sites (tertiary alicyclic amines) is 1. The number of aromatic nitrogens is 2. The van der Waals surface area contributed by atoms with Crippen LogP contribution in [0.4, 0.5) is 4.79 Å². The highest BCUT2D eigenvalue weighted by Gasteiger charge is 2.49. The summed E-state index contributed by atoms with van der Waals surface area (Å²) in [6.07, 6.45) is 4.60. The quantitative estimate of drug-likeness (QED) is 0.551. The molecule has 1 fully saturated rings. The first-order valence-electron chi connectivity index (χ1n) is 13.0. The topological polar surface area (TPSA) is 82.9 Å². The number of hydrogen-bond acceptors (Lipinski definition) is 5. The molecule has 0 saturated carbocycles. The fourth-order valence-electron chi connectivity index (χ4n) is 6.17. The Labute approximate surface area is 212 Å². The number of rotatable bonds is 6. The number of pyridine rings is 1. The highest BCUT2D eigenvalue weighted by Crippen LogP contribution is 2.50. The van der Waals surface area contributed by atoms with Crippen LogP contribution in [0.1, 0.15) is 49.2 Å². The molecule has 2 aliphatic rings. The zero-order valence-corrected chi connectivity index (χ0v) is 21.5. The van der Waals surface area contributed by atoms with Crippen LogP contribution in [0.25, 0.3) is 10.9 Å². The summed E-state index contributed by atoms with van der Waals surface area (Å²) in [5.41, 5.74) is 4.30. The zero-order valence-electron chi connectivity index (χ0n) is 21.5. The van der Waals surface area contributed by atoms with Gasteiger partial charge in [0.05, 0.1) is 31.0 Å². The van der Waals surface area contributed by atoms with Crippen LogP contribution in [0.2, 0.25) is 0 Å². The minimum Gasteiger partial charge on any atom is -0.497 e. The van der Waals surface area contributed by atoms with Crippen molar-refractivity contribution in [1.29, 1.82) is 0 Å². The van der Waals surface area contributed by atoms with Crippen LogP contribution < -0.4 is 10.1 Å². The van der Waals surface area contributed by atoms with E-state index >= 15 is 0 Å². The van der Waals surface area contributed by atoms with E-state index in [2.05, 4.69) is 38.0 Å². The standard InChI is InChI=1S/C28H37N5O3/c1-4-12-30-27(35)33-19-28(10-14-32(15-11-28)17-20-7-5-6-13-29-20)25-22-9-8-21(36-3)16-23(22)31(2)26(25)24(33)18-34/h5-9,13,16,24,34H,4,10-12,14-15,17-19H2,1-3H3,(H,30,35)/t24-/m1/s1. The molecule has 1 atom stereocenters. The van der Waals surface area contributed by atoms with Crippen molar-refractivity contribution >= 4 is 16.9 Å². The molecule has 2 aliphatic heterocycles. The van der Waals surface area contributed by atoms with E-state index in [4.69, 9.17) is 4.74 Å². The van der Waals surface area contributed by atoms with Gasteiger partial charge in [0.1, 0.15) is 5.75 Å². The van der Waals surface area contributed by atoms with Crippen molar-refractivity contribution in [2.45, 2.75) is 44.2 Å². The lowest BCUT2D eigenvalue weighted by Crippen LogP contribution is -2.57. The van der Waals surface area contributed by atoms with Gasteiger partial charge in [-0.1, -0.05) is 13.0 Å². The fraction of sp³-hybridized carbons (Fsp3) is 0.500. The Morgan fingerprint density at radius 2 is 2.06 bits per heavy atom. The summed E-state index contributed by atoms with van der Waals surface area (Å²) in [5, 5.41) is 14.8. The summed E-state index contributed by atoms with van der Waals surface area (Å²) in [7, 11) is 3.72. The van der Waals surface area contributed by atoms with Crippen LogP contribution in [-0.4, -0.2) is 70.4 Å². The van der Waals surface area contributed by atoms with E-state index in [9.17, 15) is 9.90 Å². The number of benzene rings is 1. The first-order valence-corrected chi connectivity index (χ1v) is 13.0. The van der Waals surface area contributed by atoms with Gasteiger partial charge in [-0.15, -0.1) is 0 Å². The third-order valence-electron chi connectivity index (χ3n) is 8.03. The monoisotopic (exact) mass is 491 g/mol. The molecule has 36 heavy (non-hydrogen) atoms. The summed E-state index contributed by atoms with van der Waals surface area (Å²) in [6, 6.07) is 11.8. The molecule has 2 aromatic heterocycles. The van der Waals surface area contributed by atoms with Crippen molar-refractivity contribution in [2.75, 3.05) is 39.9 Å². The predicted octanol–water partition coefficient (Wildman–Crippen LogP) is 3.58. The van der Waals surface area contributed by atoms with Gasteiger partial charge in [0.15, 0.2) is 0 Å². The number of aryl methyl sites for hydroxylation is 1. The summed E-state index contributed by atoms with van der Waals surface area (Å²) >= 11 is 0. The third kappa shape index (κ3) is 4.22. The van der Waals surface area contributed by atoms with Crippen molar-refractivity contribution in [1.82, 2.24) is 24.7 Å². The first kappa shape index (κ1) is 24.6. The molecule has 3 aromatic rings. The van der Waals surface area contributed by atoms with Crippen molar-refractivity contribution in [2.24, 2.45) is 7.05 Å². The van der Waals surface area contributed by atoms with Gasteiger partial charge in [-0.05, 0) is 62.2 Å². The lowest BCUT2D eigenvalue weighted by molar-refractivity contribution is 0.0645. The number of nitrogens with zero attached hydrogens (tertiary/aromatic N) is 4. The normalized spacial score (nSPS) is 19.4. The molecule has 0 bridgehead atoms. The molecule has 1 aromatic carbocycles. The summed E-state index contributed by atoms with van der Waals surface area (Å²) < 4.78 is 7.69. The van der Waals surface area contributed by atoms with Gasteiger partial charge >= 0.3 is 6.03 Å². The minimum absolute atomic E-state index is 0.0975. The summed E-state index contributed by atoms with van der Waals surface area (Å²) in [4.78, 5) is 22.2. The number of aliphatic hydroxyl groups is 1. The molecule has 1 spiro atoms. The highest BCUT2D eigenvalue weighted by molar-refractivity contribution is 5.89. The predicted molar refractivity (Wildman–Crippen MR) is 140 cm³/mol. The number of nitrogens with one attached hydrogen (secondary N) is 1. The van der Waals surface area contributed by atoms with E-state index in [0.717, 1.165) is 61.6 Å². The molecule has 4 heterocycles. The van der Waals surface area contributed by atoms with Crippen LogP contribution in [0, 0.1) is 0 Å². The Balaban J connectivity index is 1.56. The van der Waals surface area contributed by atoms with E-state index in [1.165, 1.54) is 10.9 Å². The van der Waals surface area contributed by atoms with Gasteiger partial charge in [0, 0.05) is 55.4 Å². The second-order valence-electron chi connectivity index (χ2n) is 10.1. The van der Waals surface area contributed by atoms with Gasteiger partial charge in [-0.25, -0.2) is 4.79 Å². The smallest absolute Gasteiger partial charge is 0.318 e. The Morgan fingerprint density at radius 1 is 1.25 bits per heavy atom. The largest absolute Gasteiger partial charge is 0.497 e. The minimum atomic E-state index is -0.391. The number of carbonyl (C=O) groups is 1. The molecule has 192 valence electrons. The van der Waals surface area contributed by atoms with E-state index in [-0.39, 0.29) is 18.1 Å². The average molecular weight is 492 g/mol. The zero-order chi connectivity index (χ0) is 25.3. The van der Waals surface area contributed by atoms with Gasteiger partial charge in [-0.3, -0.25) is 9.88 Å². The molecule has 0 aliphatic carbocycles. The maximum atomic E-state index is 13.4. The van der Waals surface area contributed by atoms with Crippen LogP contribution in [0.5, 0.6) is 5.75 Å². The molecule has 0 radical (unpaired) electrons. The molecular weight excluding hydrogens is 454 g/mol. The Kier molecular flexibility index (Phi) is 6.90. The van der Waals surface area contributed by atoms with Gasteiger partial charge < -0.3 is 24.6 Å². The number of piperidine rings is 1. The Morgan fingerprint density at radius 3 is 2.72 bits per heavy atom. The van der Waals surface area contributed by atoms with Crippen LogP contribution in [0.3, 0.4) is 0 Å². The lowest BCUT2D eigenvalue weighted by Gasteiger charge is -2.50. The number of carbonyl (C=O) groups excluding carboxylic acids is 1. The second-order valence-corrected chi connectivity index (χ2v) is 10.1. The molecule has 2 amide bonds. The first-order chi connectivity index (χ1) is 17.5. The number of methoxy groups -OCH3 is 1. The molecule has 8 heteroatoms. The molecule has 8 nitrogen and oxygen atoms in total. The molecule has 2 N–H and O–H groups in total. The van der Waals surface area contributed by atoms with Crippen molar-refractivity contribution < 1.29 is 14.6 Å². The number of ether oxygens (including phenoxy) is 1. The molecule has 5 rings (SSSR count). The van der Waals surface area contributed by atoms with Gasteiger partial charge in [-0.2, -0.15) is 0 Å². The molecule has 1 saturated heterocycles. The Hall–Kier alpha value is -3.10. The van der Waals surface area contributed by atoms with Gasteiger partial charge in [0.2, 0.25) is 0 Å². The number of hydrogen-bond donors (Lipinski definition) is 2. The van der Waals surface area contributed by atoms with Crippen LogP contribution in [-0.2, 0) is 19.0 Å². The molecular formula is C28H37N5O3. The lowest BCUT2D eigenvalue weighted by atomic mass is 9.68. The SMILES string of the molecule is CCCNC(=O)N1CC2(CCN(Cc3ccccn3)CC2)c2c(n(C)c3cc(OC)ccc23)[C@H]1CO. The van der Waals surface area contributed by atoms with E-state index < -0.39 is 6.04 Å². The van der Waals surface area contributed by atoms with E-state index in [1.807, 2.05) is 43.3 Å². The Bertz CT molecular complexity index is 1220. The summed E-state index contributed by atoms with van der Waals surface area (Å²) in [5.74, 6) is 0.803. The van der Waals surface area contributed by atoms with Crippen molar-refractivity contribution in [3.05, 3.63) is 59.5 Å². The number of amides is 2.